The van der Waals surface area contributed by atoms with Crippen molar-refractivity contribution in [3.8, 4) is 0 Å². The van der Waals surface area contributed by atoms with Gasteiger partial charge in [-0.1, -0.05) is 0 Å². The highest BCUT2D eigenvalue weighted by atomic mass is 16.3. The van der Waals surface area contributed by atoms with Crippen molar-refractivity contribution >= 4 is 11.7 Å². The maximum Gasteiger partial charge on any atom is 0.252 e. The Morgan fingerprint density at radius 3 is 2.55 bits per heavy atom. The topological polar surface area (TPSA) is 73.3 Å². The summed E-state index contributed by atoms with van der Waals surface area (Å²) in [4.78, 5) is 21.3. The molecule has 1 heterocycles. The molecule has 0 saturated carbocycles. The first-order chi connectivity index (χ1) is 5.13. The number of carbonyl (C=O) groups is 2. The van der Waals surface area contributed by atoms with Gasteiger partial charge in [-0.25, -0.2) is 0 Å². The maximum atomic E-state index is 10.7. The molecular formula is C7H7NO3. The van der Waals surface area contributed by atoms with Crippen molar-refractivity contribution in [1.29, 1.82) is 0 Å². The Kier molecular flexibility index (Phi) is 1.76. The summed E-state index contributed by atoms with van der Waals surface area (Å²) in [7, 11) is 0. The highest BCUT2D eigenvalue weighted by Gasteiger charge is 2.14. The summed E-state index contributed by atoms with van der Waals surface area (Å²) in [6.07, 6.45) is 1.26. The van der Waals surface area contributed by atoms with Crippen molar-refractivity contribution in [3.05, 3.63) is 23.7 Å². The van der Waals surface area contributed by atoms with Gasteiger partial charge in [-0.05, 0) is 6.07 Å². The summed E-state index contributed by atoms with van der Waals surface area (Å²) in [5, 5.41) is 0. The molecular weight excluding hydrogens is 146 g/mol. The lowest BCUT2D eigenvalue weighted by Gasteiger charge is -1.90. The van der Waals surface area contributed by atoms with Crippen LogP contribution in [0.2, 0.25) is 0 Å². The monoisotopic (exact) mass is 153 g/mol. The second kappa shape index (κ2) is 2.57. The largest absolute Gasteiger partial charge is 0.460 e. The molecule has 0 radical (unpaired) electrons. The fourth-order valence-corrected chi connectivity index (χ4v) is 0.776. The van der Waals surface area contributed by atoms with Crippen LogP contribution >= 0.6 is 0 Å². The number of nitrogens with two attached hydrogens (primary N) is 1. The van der Waals surface area contributed by atoms with Crippen molar-refractivity contribution in [3.63, 3.8) is 0 Å². The predicted octanol–water partition coefficient (Wildman–Crippen LogP) is 0.581. The van der Waals surface area contributed by atoms with Gasteiger partial charge in [0.25, 0.3) is 5.91 Å². The molecule has 0 unspecified atom stereocenters. The van der Waals surface area contributed by atoms with Gasteiger partial charge in [0.1, 0.15) is 0 Å². The highest BCUT2D eigenvalue weighted by Crippen LogP contribution is 2.09. The van der Waals surface area contributed by atoms with E-state index in [4.69, 9.17) is 10.2 Å². The summed E-state index contributed by atoms with van der Waals surface area (Å²) in [6.45, 7) is 1.31. The molecule has 0 aliphatic rings. The molecule has 0 bridgehead atoms. The molecule has 1 amide bonds. The van der Waals surface area contributed by atoms with Gasteiger partial charge in [-0.15, -0.1) is 0 Å². The minimum absolute atomic E-state index is 0.0255. The molecule has 1 aromatic rings. The molecule has 1 aromatic heterocycles. The van der Waals surface area contributed by atoms with Gasteiger partial charge in [-0.2, -0.15) is 0 Å². The van der Waals surface area contributed by atoms with Crippen LogP contribution in [0.5, 0.6) is 0 Å². The van der Waals surface area contributed by atoms with E-state index in [9.17, 15) is 9.59 Å². The van der Waals surface area contributed by atoms with E-state index >= 15 is 0 Å². The number of carbonyl (C=O) groups excluding carboxylic acids is 2. The van der Waals surface area contributed by atoms with E-state index in [1.807, 2.05) is 0 Å². The normalized spacial score (nSPS) is 9.55. The van der Waals surface area contributed by atoms with Gasteiger partial charge in [-0.3, -0.25) is 9.59 Å². The van der Waals surface area contributed by atoms with Gasteiger partial charge in [0.05, 0.1) is 11.8 Å². The Balaban J connectivity index is 3.16. The summed E-state index contributed by atoms with van der Waals surface area (Å²) < 4.78 is 4.74. The van der Waals surface area contributed by atoms with Crippen LogP contribution < -0.4 is 5.73 Å². The number of amides is 1. The minimum Gasteiger partial charge on any atom is -0.460 e. The van der Waals surface area contributed by atoms with E-state index in [-0.39, 0.29) is 17.1 Å². The van der Waals surface area contributed by atoms with Crippen molar-refractivity contribution in [1.82, 2.24) is 0 Å². The molecule has 58 valence electrons. The highest BCUT2D eigenvalue weighted by molar-refractivity contribution is 6.04. The first-order valence-corrected chi connectivity index (χ1v) is 3.01. The average molecular weight is 153 g/mol. The van der Waals surface area contributed by atoms with Crippen molar-refractivity contribution in [2.75, 3.05) is 0 Å². The molecule has 0 aromatic carbocycles. The Morgan fingerprint density at radius 2 is 2.18 bits per heavy atom. The number of ketones is 1. The van der Waals surface area contributed by atoms with Gasteiger partial charge < -0.3 is 10.2 Å². The summed E-state index contributed by atoms with van der Waals surface area (Å²) in [6, 6.07) is 1.37. The SMILES string of the molecule is CC(=O)c1occc1C(N)=O. The lowest BCUT2D eigenvalue weighted by Crippen LogP contribution is -2.13. The Bertz CT molecular complexity index is 272. The lowest BCUT2D eigenvalue weighted by molar-refractivity contribution is 0.0956. The van der Waals surface area contributed by atoms with Crippen molar-refractivity contribution < 1.29 is 14.0 Å². The Morgan fingerprint density at radius 1 is 1.55 bits per heavy atom. The van der Waals surface area contributed by atoms with Crippen LogP contribution in [0, 0.1) is 0 Å². The van der Waals surface area contributed by atoms with Crippen molar-refractivity contribution in [2.24, 2.45) is 5.73 Å². The predicted molar refractivity (Wildman–Crippen MR) is 37.2 cm³/mol. The fourth-order valence-electron chi connectivity index (χ4n) is 0.776. The third-order valence-corrected chi connectivity index (χ3v) is 1.25. The van der Waals surface area contributed by atoms with Crippen LogP contribution in [-0.2, 0) is 0 Å². The van der Waals surface area contributed by atoms with Crippen LogP contribution in [0.4, 0.5) is 0 Å². The second-order valence-electron chi connectivity index (χ2n) is 2.08. The van der Waals surface area contributed by atoms with Gasteiger partial charge >= 0.3 is 0 Å². The number of primary amides is 1. The maximum absolute atomic E-state index is 10.7. The molecule has 1 rings (SSSR count). The Labute approximate surface area is 63.0 Å². The zero-order valence-corrected chi connectivity index (χ0v) is 5.96. The van der Waals surface area contributed by atoms with Crippen LogP contribution in [0.1, 0.15) is 27.8 Å². The molecule has 2 N–H and O–H groups in total. The summed E-state index contributed by atoms with van der Waals surface area (Å²) in [5.74, 6) is -0.926. The molecule has 11 heavy (non-hydrogen) atoms. The fraction of sp³-hybridized carbons (Fsp3) is 0.143. The van der Waals surface area contributed by atoms with Crippen molar-refractivity contribution in [2.45, 2.75) is 6.92 Å². The molecule has 0 spiro atoms. The number of furan rings is 1. The van der Waals surface area contributed by atoms with Crippen LogP contribution in [0.3, 0.4) is 0 Å². The van der Waals surface area contributed by atoms with Crippen LogP contribution in [0.25, 0.3) is 0 Å². The van der Waals surface area contributed by atoms with Gasteiger partial charge in [0, 0.05) is 6.92 Å². The van der Waals surface area contributed by atoms with E-state index in [0.29, 0.717) is 0 Å². The summed E-state index contributed by atoms with van der Waals surface area (Å²) >= 11 is 0. The first-order valence-electron chi connectivity index (χ1n) is 3.01. The first kappa shape index (κ1) is 7.53. The molecule has 0 aliphatic heterocycles. The smallest absolute Gasteiger partial charge is 0.252 e. The number of Topliss-reactive ketones (excluding diaryl/α,β-unsaturated/α-hetero) is 1. The van der Waals surface area contributed by atoms with E-state index < -0.39 is 5.91 Å². The summed E-state index contributed by atoms with van der Waals surface area (Å²) in [5.41, 5.74) is 5.08. The minimum atomic E-state index is -0.649. The van der Waals surface area contributed by atoms with Crippen LogP contribution in [-0.4, -0.2) is 11.7 Å². The molecule has 4 heteroatoms. The van der Waals surface area contributed by atoms with Crippen LogP contribution in [0.15, 0.2) is 16.7 Å². The average Bonchev–Trinajstić information content (AvgIpc) is 2.32. The molecule has 0 atom stereocenters. The van der Waals surface area contributed by atoms with E-state index in [0.717, 1.165) is 0 Å². The quantitative estimate of drug-likeness (QED) is 0.631. The van der Waals surface area contributed by atoms with E-state index in [1.54, 1.807) is 0 Å². The van der Waals surface area contributed by atoms with Gasteiger partial charge in [0.15, 0.2) is 11.5 Å². The lowest BCUT2D eigenvalue weighted by atomic mass is 10.2. The zero-order valence-electron chi connectivity index (χ0n) is 5.96. The standard InChI is InChI=1S/C7H7NO3/c1-4(9)6-5(7(8)10)2-3-11-6/h2-3H,1H3,(H2,8,10). The molecule has 0 aliphatic carbocycles. The second-order valence-corrected chi connectivity index (χ2v) is 2.08. The number of hydrogen-bond acceptors (Lipinski definition) is 3. The number of rotatable bonds is 2. The third kappa shape index (κ3) is 1.29. The molecule has 4 nitrogen and oxygen atoms in total. The number of hydrogen-bond donors (Lipinski definition) is 1. The Hall–Kier alpha value is -1.58. The molecule has 0 saturated heterocycles. The van der Waals surface area contributed by atoms with Gasteiger partial charge in [0.2, 0.25) is 0 Å². The third-order valence-electron chi connectivity index (χ3n) is 1.25. The van der Waals surface area contributed by atoms with E-state index in [1.165, 1.54) is 19.3 Å². The molecule has 0 fully saturated rings. The van der Waals surface area contributed by atoms with E-state index in [2.05, 4.69) is 0 Å². The zero-order chi connectivity index (χ0) is 8.43.